The fraction of sp³-hybridized carbons (Fsp3) is 0.440. The average Bonchev–Trinajstić information content (AvgIpc) is 3.18. The molecule has 3 aromatic rings. The first-order valence-corrected chi connectivity index (χ1v) is 12.0. The predicted octanol–water partition coefficient (Wildman–Crippen LogP) is 3.63. The molecule has 10 heteroatoms. The van der Waals surface area contributed by atoms with Crippen molar-refractivity contribution in [3.05, 3.63) is 58.9 Å². The molecule has 0 spiro atoms. The highest BCUT2D eigenvalue weighted by Crippen LogP contribution is 2.23. The highest BCUT2D eigenvalue weighted by molar-refractivity contribution is 6.30. The van der Waals surface area contributed by atoms with Crippen LogP contribution in [0.2, 0.25) is 5.02 Å². The smallest absolute Gasteiger partial charge is 0.430 e. The van der Waals surface area contributed by atoms with Crippen LogP contribution in [0.3, 0.4) is 0 Å². The fourth-order valence-electron chi connectivity index (χ4n) is 4.20. The Hall–Kier alpha value is -2.78. The van der Waals surface area contributed by atoms with Crippen LogP contribution in [-0.2, 0) is 17.9 Å². The molecular weight excluding hydrogens is 483 g/mol. The van der Waals surface area contributed by atoms with Crippen molar-refractivity contribution in [3.8, 4) is 5.75 Å². The number of nitrogens with zero attached hydrogens (tertiary/aromatic N) is 2. The van der Waals surface area contributed by atoms with Gasteiger partial charge in [0.1, 0.15) is 24.2 Å². The summed E-state index contributed by atoms with van der Waals surface area (Å²) in [6.45, 7) is 6.18. The molecule has 0 amide bonds. The number of hydrogen-bond acceptors (Lipinski definition) is 4. The summed E-state index contributed by atoms with van der Waals surface area (Å²) < 4.78 is 39.9. The van der Waals surface area contributed by atoms with Gasteiger partial charge in [0, 0.05) is 17.5 Å². The molecule has 1 aliphatic rings. The third-order valence-electron chi connectivity index (χ3n) is 5.99. The maximum absolute atomic E-state index is 10.5. The number of imidazole rings is 1. The Morgan fingerprint density at radius 3 is 2.60 bits per heavy atom. The lowest BCUT2D eigenvalue weighted by molar-refractivity contribution is -0.669. The number of nitrogens with two attached hydrogens (primary N) is 1. The maximum Gasteiger partial charge on any atom is 0.430 e. The van der Waals surface area contributed by atoms with Crippen molar-refractivity contribution >= 4 is 28.6 Å². The van der Waals surface area contributed by atoms with Crippen LogP contribution in [0.5, 0.6) is 5.75 Å². The number of para-hydroxylation sites is 1. The quantitative estimate of drug-likeness (QED) is 0.525. The lowest BCUT2D eigenvalue weighted by atomic mass is 9.95. The summed E-state index contributed by atoms with van der Waals surface area (Å²) in [5.41, 5.74) is 3.51. The zero-order valence-electron chi connectivity index (χ0n) is 19.5. The summed E-state index contributed by atoms with van der Waals surface area (Å²) in [5, 5.41) is 12.0. The van der Waals surface area contributed by atoms with Gasteiger partial charge in [-0.05, 0) is 68.5 Å². The summed E-state index contributed by atoms with van der Waals surface area (Å²) in [6.07, 6.45) is 0.0240. The molecular formula is C25H29ClF3N3O3. The molecule has 0 aliphatic carbocycles. The molecule has 1 atom stereocenters. The maximum atomic E-state index is 10.5. The highest BCUT2D eigenvalue weighted by Gasteiger charge is 2.28. The standard InChI is InChI=1S/C23H28ClN3O.C2HF3O2/c1-17-5-2-8-21-23(17)26-22(16-28-20-11-9-19(24)10-12-20)27(21)14-4-7-18-6-3-13-25-15-18;3-2(4,5)1(6)7/h2,5,8-12,18,25H,3-4,6-7,13-16H2,1H3;(H,6,7). The summed E-state index contributed by atoms with van der Waals surface area (Å²) >= 11 is 5.97. The van der Waals surface area contributed by atoms with Crippen molar-refractivity contribution in [3.63, 3.8) is 0 Å². The van der Waals surface area contributed by atoms with Gasteiger partial charge in [0.25, 0.3) is 0 Å². The summed E-state index contributed by atoms with van der Waals surface area (Å²) in [5.74, 6) is -0.335. The van der Waals surface area contributed by atoms with Crippen molar-refractivity contribution in [2.45, 2.75) is 51.9 Å². The van der Waals surface area contributed by atoms with Gasteiger partial charge in [-0.3, -0.25) is 0 Å². The average molecular weight is 512 g/mol. The van der Waals surface area contributed by atoms with Gasteiger partial charge in [-0.2, -0.15) is 13.2 Å². The van der Waals surface area contributed by atoms with E-state index in [2.05, 4.69) is 35.0 Å². The van der Waals surface area contributed by atoms with Crippen LogP contribution in [0.25, 0.3) is 11.0 Å². The number of rotatable bonds is 7. The van der Waals surface area contributed by atoms with E-state index in [0.29, 0.717) is 6.61 Å². The number of alkyl halides is 3. The van der Waals surface area contributed by atoms with Crippen molar-refractivity contribution in [2.75, 3.05) is 13.1 Å². The minimum Gasteiger partial charge on any atom is -0.542 e. The second-order valence-electron chi connectivity index (χ2n) is 8.61. The summed E-state index contributed by atoms with van der Waals surface area (Å²) in [4.78, 5) is 13.7. The lowest BCUT2D eigenvalue weighted by Gasteiger charge is -2.20. The van der Waals surface area contributed by atoms with Crippen LogP contribution in [-0.4, -0.2) is 34.8 Å². The number of carbonyl (C=O) groups excluding carboxylic acids is 1. The van der Waals surface area contributed by atoms with E-state index < -0.39 is 12.1 Å². The molecule has 2 N–H and O–H groups in total. The Bertz CT molecular complexity index is 1110. The minimum atomic E-state index is -5.19. The van der Waals surface area contributed by atoms with E-state index >= 15 is 0 Å². The first-order valence-electron chi connectivity index (χ1n) is 11.6. The van der Waals surface area contributed by atoms with E-state index in [4.69, 9.17) is 31.2 Å². The van der Waals surface area contributed by atoms with Gasteiger partial charge in [0.2, 0.25) is 0 Å². The SMILES string of the molecule is Cc1cccc2c1nc(COc1ccc(Cl)cc1)n2CCCC1CCC[NH2+]C1.O=C([O-])C(F)(F)F. The number of halogens is 4. The molecule has 0 saturated carbocycles. The number of fused-ring (bicyclic) bond motifs is 1. The predicted molar refractivity (Wildman–Crippen MR) is 125 cm³/mol. The van der Waals surface area contributed by atoms with Crippen molar-refractivity contribution < 1.29 is 33.1 Å². The number of ether oxygens (including phenoxy) is 1. The zero-order chi connectivity index (χ0) is 25.4. The Balaban J connectivity index is 0.000000429. The topological polar surface area (TPSA) is 83.8 Å². The molecule has 6 nitrogen and oxygen atoms in total. The second-order valence-corrected chi connectivity index (χ2v) is 9.05. The van der Waals surface area contributed by atoms with Crippen LogP contribution in [0.1, 0.15) is 37.1 Å². The van der Waals surface area contributed by atoms with Crippen LogP contribution in [0.4, 0.5) is 13.2 Å². The van der Waals surface area contributed by atoms with Crippen molar-refractivity contribution in [2.24, 2.45) is 5.92 Å². The number of benzene rings is 2. The number of aliphatic carboxylic acids is 1. The van der Waals surface area contributed by atoms with E-state index in [0.717, 1.165) is 34.6 Å². The molecule has 1 fully saturated rings. The molecule has 4 rings (SSSR count). The van der Waals surface area contributed by atoms with Crippen molar-refractivity contribution in [1.29, 1.82) is 0 Å². The number of hydrogen-bond donors (Lipinski definition) is 1. The Kier molecular flexibility index (Phi) is 9.40. The molecule has 1 saturated heterocycles. The van der Waals surface area contributed by atoms with Gasteiger partial charge in [-0.25, -0.2) is 4.98 Å². The molecule has 0 radical (unpaired) electrons. The third-order valence-corrected chi connectivity index (χ3v) is 6.24. The molecule has 0 bridgehead atoms. The van der Waals surface area contributed by atoms with E-state index in [1.54, 1.807) is 0 Å². The number of carboxylic acid groups (broad SMARTS) is 1. The Labute approximate surface area is 207 Å². The van der Waals surface area contributed by atoms with E-state index in [-0.39, 0.29) is 0 Å². The van der Waals surface area contributed by atoms with Crippen LogP contribution >= 0.6 is 11.6 Å². The number of aromatic nitrogens is 2. The molecule has 190 valence electrons. The monoisotopic (exact) mass is 511 g/mol. The lowest BCUT2D eigenvalue weighted by Crippen LogP contribution is -2.87. The number of carbonyl (C=O) groups is 1. The molecule has 2 aromatic carbocycles. The Morgan fingerprint density at radius 1 is 1.26 bits per heavy atom. The first kappa shape index (κ1) is 26.8. The number of carboxylic acids is 1. The van der Waals surface area contributed by atoms with Gasteiger partial charge in [0.15, 0.2) is 0 Å². The van der Waals surface area contributed by atoms with E-state index in [1.807, 2.05) is 24.3 Å². The third kappa shape index (κ3) is 7.86. The zero-order valence-corrected chi connectivity index (χ0v) is 20.2. The number of quaternary nitrogens is 1. The van der Waals surface area contributed by atoms with E-state index in [1.165, 1.54) is 49.9 Å². The Morgan fingerprint density at radius 2 is 1.97 bits per heavy atom. The first-order chi connectivity index (χ1) is 16.6. The number of aryl methyl sites for hydroxylation is 2. The van der Waals surface area contributed by atoms with Gasteiger partial charge in [-0.15, -0.1) is 0 Å². The van der Waals surface area contributed by atoms with Gasteiger partial charge in [0.05, 0.1) is 24.1 Å². The molecule has 35 heavy (non-hydrogen) atoms. The summed E-state index contributed by atoms with van der Waals surface area (Å²) in [7, 11) is 0. The minimum absolute atomic E-state index is 0.465. The highest BCUT2D eigenvalue weighted by atomic mass is 35.5. The van der Waals surface area contributed by atoms with Crippen LogP contribution < -0.4 is 15.2 Å². The van der Waals surface area contributed by atoms with Gasteiger partial charge in [-0.1, -0.05) is 23.7 Å². The second kappa shape index (κ2) is 12.3. The van der Waals surface area contributed by atoms with Gasteiger partial charge >= 0.3 is 6.18 Å². The molecule has 1 aliphatic heterocycles. The van der Waals surface area contributed by atoms with Crippen LogP contribution in [0.15, 0.2) is 42.5 Å². The van der Waals surface area contributed by atoms with Gasteiger partial charge < -0.3 is 24.5 Å². The van der Waals surface area contributed by atoms with Crippen molar-refractivity contribution in [1.82, 2.24) is 9.55 Å². The fourth-order valence-corrected chi connectivity index (χ4v) is 4.32. The van der Waals surface area contributed by atoms with Crippen LogP contribution in [0, 0.1) is 12.8 Å². The summed E-state index contributed by atoms with van der Waals surface area (Å²) in [6, 6.07) is 13.9. The molecule has 2 heterocycles. The largest absolute Gasteiger partial charge is 0.542 e. The van der Waals surface area contributed by atoms with E-state index in [9.17, 15) is 13.2 Å². The number of piperidine rings is 1. The molecule has 1 aromatic heterocycles. The molecule has 1 unspecified atom stereocenters. The normalized spacial score (nSPS) is 16.0.